The van der Waals surface area contributed by atoms with Crippen molar-refractivity contribution < 1.29 is 51.4 Å². The molecule has 76 valence electrons. The van der Waals surface area contributed by atoms with E-state index in [-0.39, 0.29) is 51.4 Å². The molecule has 0 radical (unpaired) electrons. The Bertz CT molecular complexity index is 189. The smallest absolute Gasteiger partial charge is 0.323 e. The fourth-order valence-corrected chi connectivity index (χ4v) is 1.01. The van der Waals surface area contributed by atoms with Gasteiger partial charge in [0.2, 0.25) is 0 Å². The van der Waals surface area contributed by atoms with Crippen LogP contribution in [0.3, 0.4) is 0 Å². The Morgan fingerprint density at radius 3 is 1.71 bits per heavy atom. The van der Waals surface area contributed by atoms with E-state index >= 15 is 0 Å². The molecule has 0 fully saturated rings. The summed E-state index contributed by atoms with van der Waals surface area (Å²) < 4.78 is 0. The number of hydrogen-bond donors (Lipinski definition) is 0. The van der Waals surface area contributed by atoms with Gasteiger partial charge >= 0.3 is 51.4 Å². The molecule has 0 saturated carbocycles. The van der Waals surface area contributed by atoms with Crippen LogP contribution in [0.2, 0.25) is 0 Å². The zero-order chi connectivity index (χ0) is 10.5. The first-order valence-electron chi connectivity index (χ1n) is 4.98. The van der Waals surface area contributed by atoms with Gasteiger partial charge in [0, 0.05) is 0 Å². The summed E-state index contributed by atoms with van der Waals surface area (Å²) >= 11 is 0. The summed E-state index contributed by atoms with van der Waals surface area (Å²) in [6.07, 6.45) is 7.85. The Morgan fingerprint density at radius 2 is 1.57 bits per heavy atom. The van der Waals surface area contributed by atoms with Gasteiger partial charge in [-0.25, -0.2) is 0 Å². The molecule has 0 saturated heterocycles. The molecule has 1 aliphatic rings. The van der Waals surface area contributed by atoms with E-state index < -0.39 is 0 Å². The fraction of sp³-hybridized carbons (Fsp3) is 0.615. The molecule has 0 amide bonds. The molecule has 0 N–H and O–H groups in total. The molecule has 0 heterocycles. The molecule has 1 aliphatic carbocycles. The topological polar surface area (TPSA) is 0 Å². The first-order chi connectivity index (χ1) is 5.84. The minimum Gasteiger partial charge on any atom is -0.323 e. The Balaban J connectivity index is 0. The summed E-state index contributed by atoms with van der Waals surface area (Å²) in [4.78, 5) is 0. The Morgan fingerprint density at radius 1 is 1.14 bits per heavy atom. The second-order valence-corrected chi connectivity index (χ2v) is 5.05. The van der Waals surface area contributed by atoms with Gasteiger partial charge < -0.3 is 5.92 Å². The van der Waals surface area contributed by atoms with Crippen molar-refractivity contribution in [3.63, 3.8) is 0 Å². The van der Waals surface area contributed by atoms with Gasteiger partial charge in [-0.15, -0.1) is 0 Å². The molecular weight excluding hydrogens is 195 g/mol. The van der Waals surface area contributed by atoms with Crippen LogP contribution in [0, 0.1) is 11.3 Å². The summed E-state index contributed by atoms with van der Waals surface area (Å²) in [5.41, 5.74) is 1.83. The minimum atomic E-state index is 0. The van der Waals surface area contributed by atoms with Crippen molar-refractivity contribution in [1.29, 1.82) is 0 Å². The number of hydrogen-bond acceptors (Lipinski definition) is 0. The molecule has 0 bridgehead atoms. The van der Waals surface area contributed by atoms with Crippen molar-refractivity contribution in [3.05, 3.63) is 29.7 Å². The van der Waals surface area contributed by atoms with Crippen LogP contribution >= 0.6 is 0 Å². The largest absolute Gasteiger partial charge is 1.00 e. The summed E-state index contributed by atoms with van der Waals surface area (Å²) in [5.74, 6) is 1.42. The molecule has 0 atom stereocenters. The van der Waals surface area contributed by atoms with Crippen molar-refractivity contribution in [1.82, 2.24) is 0 Å². The van der Waals surface area contributed by atoms with Gasteiger partial charge in [-0.1, -0.05) is 39.0 Å². The predicted molar refractivity (Wildman–Crippen MR) is 61.6 cm³/mol. The second-order valence-electron chi connectivity index (χ2n) is 5.05. The van der Waals surface area contributed by atoms with E-state index in [0.29, 0.717) is 5.41 Å². The molecule has 0 unspecified atom stereocenters. The van der Waals surface area contributed by atoms with E-state index in [2.05, 4.69) is 59.8 Å². The van der Waals surface area contributed by atoms with Crippen molar-refractivity contribution in [2.24, 2.45) is 5.41 Å². The van der Waals surface area contributed by atoms with Crippen LogP contribution in [0.25, 0.3) is 0 Å². The average molecular weight is 218 g/mol. The molecule has 0 spiro atoms. The third-order valence-corrected chi connectivity index (χ3v) is 1.64. The van der Waals surface area contributed by atoms with E-state index in [0.717, 1.165) is 6.42 Å². The van der Waals surface area contributed by atoms with Gasteiger partial charge in [0.05, 0.1) is 0 Å². The third kappa shape index (κ3) is 9.66. The van der Waals surface area contributed by atoms with Crippen LogP contribution in [0.1, 0.15) is 48.0 Å². The molecule has 0 aromatic carbocycles. The van der Waals surface area contributed by atoms with E-state index in [1.54, 1.807) is 0 Å². The quantitative estimate of drug-likeness (QED) is 0.427. The number of rotatable bonds is 0. The van der Waals surface area contributed by atoms with Crippen LogP contribution in [0.4, 0.5) is 0 Å². The van der Waals surface area contributed by atoms with E-state index in [4.69, 9.17) is 0 Å². The van der Waals surface area contributed by atoms with Crippen LogP contribution in [0.5, 0.6) is 0 Å². The molecule has 0 nitrogen and oxygen atoms in total. The maximum atomic E-state index is 2.29. The Labute approximate surface area is 133 Å². The molecule has 0 aliphatic heterocycles. The molecule has 1 heteroatoms. The van der Waals surface area contributed by atoms with Gasteiger partial charge in [-0.2, -0.15) is 20.8 Å². The second kappa shape index (κ2) is 8.29. The van der Waals surface area contributed by atoms with Crippen LogP contribution in [-0.4, -0.2) is 0 Å². The van der Waals surface area contributed by atoms with Gasteiger partial charge in [-0.3, -0.25) is 0 Å². The summed E-state index contributed by atoms with van der Waals surface area (Å²) in [6.45, 7) is 13.0. The average Bonchev–Trinajstić information content (AvgIpc) is 2.31. The summed E-state index contributed by atoms with van der Waals surface area (Å²) in [6, 6.07) is 0. The van der Waals surface area contributed by atoms with Gasteiger partial charge in [-0.05, 0) is 17.4 Å². The van der Waals surface area contributed by atoms with Crippen molar-refractivity contribution >= 4 is 0 Å². The third-order valence-electron chi connectivity index (χ3n) is 1.64. The van der Waals surface area contributed by atoms with Crippen molar-refractivity contribution in [2.45, 2.75) is 48.0 Å². The van der Waals surface area contributed by atoms with Gasteiger partial charge in [0.1, 0.15) is 0 Å². The maximum absolute atomic E-state index is 2.29. The normalized spacial score (nSPS) is 14.4. The van der Waals surface area contributed by atoms with E-state index in [9.17, 15) is 0 Å². The fourth-order valence-electron chi connectivity index (χ4n) is 1.01. The Kier molecular flexibility index (Phi) is 10.4. The zero-order valence-electron chi connectivity index (χ0n) is 10.9. The van der Waals surface area contributed by atoms with Gasteiger partial charge in [0.25, 0.3) is 0 Å². The molecule has 0 aromatic rings. The number of allylic oxidation sites excluding steroid dienone is 4. The standard InChI is InChI=1S/C9H14.C4H9.K/c1-9(2,3)8-6-4-5-7-8;1-4(2)3;/h4,6-7H,5H2,1-3H3;1-3H3;/q;-1;+1. The van der Waals surface area contributed by atoms with Gasteiger partial charge in [0.15, 0.2) is 0 Å². The molecule has 1 rings (SSSR count). The van der Waals surface area contributed by atoms with Crippen molar-refractivity contribution in [3.8, 4) is 0 Å². The first kappa shape index (κ1) is 17.5. The van der Waals surface area contributed by atoms with E-state index in [1.807, 2.05) is 0 Å². The minimum absolute atomic E-state index is 0. The first-order valence-corrected chi connectivity index (χ1v) is 4.98. The monoisotopic (exact) mass is 218 g/mol. The van der Waals surface area contributed by atoms with Crippen molar-refractivity contribution in [2.75, 3.05) is 0 Å². The molecule has 0 aromatic heterocycles. The molecule has 14 heavy (non-hydrogen) atoms. The summed E-state index contributed by atoms with van der Waals surface area (Å²) in [7, 11) is 0. The van der Waals surface area contributed by atoms with Crippen LogP contribution < -0.4 is 51.4 Å². The molecular formula is C13H23K. The Hall–Kier alpha value is 1.12. The predicted octanol–water partition coefficient (Wildman–Crippen LogP) is 1.54. The SMILES string of the molecule is CC(C)(C)C1=CCC=C1.C[C-](C)C.[K+]. The maximum Gasteiger partial charge on any atom is 1.00 e. The van der Waals surface area contributed by atoms with Crippen LogP contribution in [-0.2, 0) is 0 Å². The van der Waals surface area contributed by atoms with Crippen LogP contribution in [0.15, 0.2) is 23.8 Å². The summed E-state index contributed by atoms with van der Waals surface area (Å²) in [5, 5.41) is 0. The van der Waals surface area contributed by atoms with E-state index in [1.165, 1.54) is 11.5 Å². The zero-order valence-corrected chi connectivity index (χ0v) is 14.1.